The maximum Gasteiger partial charge on any atom is 0.385 e. The van der Waals surface area contributed by atoms with Gasteiger partial charge in [0.25, 0.3) is 0 Å². The third kappa shape index (κ3) is 20.6. The Morgan fingerprint density at radius 3 is 1.84 bits per heavy atom. The van der Waals surface area contributed by atoms with Crippen LogP contribution in [0.25, 0.3) is 0 Å². The maximum atomic E-state index is 12.8. The molecule has 4 N–H and O–H groups in total. The first kappa shape index (κ1) is 37.7. The summed E-state index contributed by atoms with van der Waals surface area (Å²) in [5.41, 5.74) is 0. The Morgan fingerprint density at radius 1 is 0.789 bits per heavy atom. The molecule has 9 heteroatoms. The predicted octanol–water partition coefficient (Wildman–Crippen LogP) is 6.12. The lowest BCUT2D eigenvalue weighted by Gasteiger charge is -2.39. The second-order valence-electron chi connectivity index (χ2n) is 11.2. The number of aliphatic hydroxyl groups is 3. The SMILES string of the molecule is CCCCCCCCCCC/C=C\CCCCCOC[C@@H](O)COP(=O)(O)C(CC)[N+](C)(C)CCC(O)O. The number of aliphatic hydroxyl groups excluding tert-OH is 2. The number of hydrogen-bond acceptors (Lipinski definition) is 6. The highest BCUT2D eigenvalue weighted by Crippen LogP contribution is 2.52. The Balaban J connectivity index is 3.81. The van der Waals surface area contributed by atoms with Crippen molar-refractivity contribution in [1.29, 1.82) is 0 Å². The molecule has 0 aliphatic rings. The van der Waals surface area contributed by atoms with Crippen molar-refractivity contribution in [2.75, 3.05) is 40.5 Å². The van der Waals surface area contributed by atoms with Crippen LogP contribution in [0.2, 0.25) is 0 Å². The molecule has 2 unspecified atom stereocenters. The summed E-state index contributed by atoms with van der Waals surface area (Å²) in [7, 11) is -0.509. The molecule has 0 aromatic carbocycles. The molecule has 0 aliphatic heterocycles. The molecule has 0 aliphatic carbocycles. The minimum atomic E-state index is -4.03. The highest BCUT2D eigenvalue weighted by molar-refractivity contribution is 7.53. The minimum absolute atomic E-state index is 0.0599. The number of unbranched alkanes of at least 4 members (excludes halogenated alkanes) is 12. The van der Waals surface area contributed by atoms with Crippen molar-refractivity contribution < 1.29 is 38.5 Å². The molecule has 0 saturated heterocycles. The van der Waals surface area contributed by atoms with E-state index in [1.54, 1.807) is 21.0 Å². The first-order chi connectivity index (χ1) is 18.1. The summed E-state index contributed by atoms with van der Waals surface area (Å²) >= 11 is 0. The summed E-state index contributed by atoms with van der Waals surface area (Å²) in [6, 6.07) is 0. The van der Waals surface area contributed by atoms with Gasteiger partial charge in [-0.3, -0.25) is 4.57 Å². The average Bonchev–Trinajstić information content (AvgIpc) is 2.85. The topological polar surface area (TPSA) is 116 Å². The van der Waals surface area contributed by atoms with E-state index >= 15 is 0 Å². The van der Waals surface area contributed by atoms with Crippen LogP contribution in [0.1, 0.15) is 117 Å². The molecule has 3 atom stereocenters. The van der Waals surface area contributed by atoms with Crippen molar-refractivity contribution in [3.8, 4) is 0 Å². The molecule has 0 spiro atoms. The Kier molecular flexibility index (Phi) is 23.2. The van der Waals surface area contributed by atoms with Crippen molar-refractivity contribution >= 4 is 7.60 Å². The van der Waals surface area contributed by atoms with E-state index in [0.717, 1.165) is 25.7 Å². The largest absolute Gasteiger partial charge is 0.388 e. The zero-order valence-corrected chi connectivity index (χ0v) is 25.8. The molecule has 0 bridgehead atoms. The highest BCUT2D eigenvalue weighted by Gasteiger charge is 2.43. The fourth-order valence-electron chi connectivity index (χ4n) is 4.72. The van der Waals surface area contributed by atoms with Crippen molar-refractivity contribution in [3.05, 3.63) is 12.2 Å². The predicted molar refractivity (Wildman–Crippen MR) is 156 cm³/mol. The van der Waals surface area contributed by atoms with Gasteiger partial charge in [0.1, 0.15) is 6.10 Å². The van der Waals surface area contributed by atoms with Gasteiger partial charge in [-0.05, 0) is 32.1 Å². The number of nitrogens with zero attached hydrogens (tertiary/aromatic N) is 1. The van der Waals surface area contributed by atoms with Gasteiger partial charge in [-0.15, -0.1) is 0 Å². The molecule has 228 valence electrons. The van der Waals surface area contributed by atoms with Crippen LogP contribution in [0.3, 0.4) is 0 Å². The zero-order chi connectivity index (χ0) is 28.7. The molecule has 0 aromatic heterocycles. The number of allylic oxidation sites excluding steroid dienone is 2. The maximum absolute atomic E-state index is 12.8. The zero-order valence-electron chi connectivity index (χ0n) is 24.9. The Hall–Kier alpha value is -0.310. The van der Waals surface area contributed by atoms with E-state index in [1.807, 2.05) is 0 Å². The van der Waals surface area contributed by atoms with Gasteiger partial charge in [-0.2, -0.15) is 0 Å². The van der Waals surface area contributed by atoms with Crippen LogP contribution in [0.5, 0.6) is 0 Å². The van der Waals surface area contributed by atoms with E-state index in [0.29, 0.717) is 19.6 Å². The quantitative estimate of drug-likeness (QED) is 0.0311. The summed E-state index contributed by atoms with van der Waals surface area (Å²) in [5, 5.41) is 28.4. The second kappa shape index (κ2) is 23.4. The number of hydrogen-bond donors (Lipinski definition) is 4. The standard InChI is InChI=1S/C29H60NO7P/c1-5-7-8-9-10-11-12-13-14-15-16-17-18-19-20-21-24-36-25-27(31)26-37-38(34,35)28(6-2)30(3,4)23-22-29(32)33/h16-17,27-29,31-33H,5-15,18-26H2,1-4H3/p+1/b17-16-/t27-,28?/m1/s1. The molecule has 0 amide bonds. The molecule has 0 saturated carbocycles. The third-order valence-corrected chi connectivity index (χ3v) is 9.34. The normalized spacial score (nSPS) is 15.8. The Bertz CT molecular complexity index is 616. The molecular weight excluding hydrogens is 505 g/mol. The molecule has 8 nitrogen and oxygen atoms in total. The van der Waals surface area contributed by atoms with E-state index in [-0.39, 0.29) is 24.1 Å². The monoisotopic (exact) mass is 566 g/mol. The molecule has 0 fully saturated rings. The van der Waals surface area contributed by atoms with Gasteiger partial charge in [0.05, 0.1) is 33.9 Å². The van der Waals surface area contributed by atoms with E-state index in [1.165, 1.54) is 64.2 Å². The minimum Gasteiger partial charge on any atom is -0.388 e. The summed E-state index contributed by atoms with van der Waals surface area (Å²) in [6.45, 7) is 4.68. The lowest BCUT2D eigenvalue weighted by Crippen LogP contribution is -2.50. The molecule has 0 heterocycles. The van der Waals surface area contributed by atoms with Crippen LogP contribution >= 0.6 is 7.60 Å². The lowest BCUT2D eigenvalue weighted by molar-refractivity contribution is -0.903. The van der Waals surface area contributed by atoms with Crippen LogP contribution in [0.15, 0.2) is 12.2 Å². The van der Waals surface area contributed by atoms with Gasteiger partial charge in [-0.25, -0.2) is 0 Å². The van der Waals surface area contributed by atoms with E-state index in [4.69, 9.17) is 19.5 Å². The highest BCUT2D eigenvalue weighted by atomic mass is 31.2. The van der Waals surface area contributed by atoms with Crippen LogP contribution in [-0.4, -0.2) is 83.3 Å². The van der Waals surface area contributed by atoms with Gasteiger partial charge in [0.15, 0.2) is 12.1 Å². The van der Waals surface area contributed by atoms with Crippen molar-refractivity contribution in [2.45, 2.75) is 135 Å². The van der Waals surface area contributed by atoms with E-state index in [9.17, 15) is 14.6 Å². The van der Waals surface area contributed by atoms with Crippen LogP contribution in [0.4, 0.5) is 0 Å². The van der Waals surface area contributed by atoms with Crippen molar-refractivity contribution in [3.63, 3.8) is 0 Å². The first-order valence-corrected chi connectivity index (χ1v) is 16.8. The summed E-state index contributed by atoms with van der Waals surface area (Å²) in [4.78, 5) is 10.5. The molecule has 0 radical (unpaired) electrons. The van der Waals surface area contributed by atoms with Crippen LogP contribution in [0, 0.1) is 0 Å². The number of rotatable bonds is 27. The summed E-state index contributed by atoms with van der Waals surface area (Å²) < 4.78 is 23.7. The molecule has 0 rings (SSSR count). The van der Waals surface area contributed by atoms with Crippen LogP contribution < -0.4 is 0 Å². The average molecular weight is 567 g/mol. The Labute approximate surface area is 233 Å². The smallest absolute Gasteiger partial charge is 0.385 e. The summed E-state index contributed by atoms with van der Waals surface area (Å²) in [6.07, 6.45) is 20.3. The van der Waals surface area contributed by atoms with Crippen LogP contribution in [-0.2, 0) is 13.8 Å². The van der Waals surface area contributed by atoms with Gasteiger partial charge in [-0.1, -0.05) is 83.8 Å². The lowest BCUT2D eigenvalue weighted by atomic mass is 10.1. The fraction of sp³-hybridized carbons (Fsp3) is 0.931. The van der Waals surface area contributed by atoms with E-state index in [2.05, 4.69) is 19.1 Å². The fourth-order valence-corrected chi connectivity index (χ4v) is 6.64. The van der Waals surface area contributed by atoms with Gasteiger partial charge >= 0.3 is 7.60 Å². The molecular formula is C29H61NO7P+. The first-order valence-electron chi connectivity index (χ1n) is 15.1. The summed E-state index contributed by atoms with van der Waals surface area (Å²) in [5.74, 6) is -0.728. The van der Waals surface area contributed by atoms with Gasteiger partial charge < -0.3 is 34.0 Å². The van der Waals surface area contributed by atoms with Gasteiger partial charge in [0, 0.05) is 19.4 Å². The third-order valence-electron chi connectivity index (χ3n) is 7.07. The number of ether oxygens (including phenoxy) is 1. The van der Waals surface area contributed by atoms with Gasteiger partial charge in [0.2, 0.25) is 0 Å². The Morgan fingerprint density at radius 2 is 1.32 bits per heavy atom. The molecule has 0 aromatic rings. The van der Waals surface area contributed by atoms with Crippen molar-refractivity contribution in [2.24, 2.45) is 0 Å². The van der Waals surface area contributed by atoms with Crippen molar-refractivity contribution in [1.82, 2.24) is 0 Å². The number of quaternary nitrogens is 1. The van der Waals surface area contributed by atoms with E-state index < -0.39 is 25.8 Å². The second-order valence-corrected chi connectivity index (χ2v) is 13.2. The molecule has 38 heavy (non-hydrogen) atoms.